The number of aromatic nitrogens is 2. The molecule has 5 nitrogen and oxygen atoms in total. The maximum Gasteiger partial charge on any atom is 0.435 e. The Bertz CT molecular complexity index is 1540. The Hall–Kier alpha value is -3.36. The van der Waals surface area contributed by atoms with Crippen LogP contribution in [0.2, 0.25) is 10.0 Å². The maximum absolute atomic E-state index is 13.8. The number of nitrogens with one attached hydrogen (secondary N) is 1. The zero-order chi connectivity index (χ0) is 26.5. The molecule has 0 aliphatic carbocycles. The molecule has 3 atom stereocenters. The van der Waals surface area contributed by atoms with Gasteiger partial charge in [-0.2, -0.15) is 18.3 Å². The van der Waals surface area contributed by atoms with Crippen LogP contribution in [0.4, 0.5) is 19.0 Å². The molecule has 1 aliphatic rings. The molecule has 3 unspecified atom stereocenters. The highest BCUT2D eigenvalue weighted by Crippen LogP contribution is 2.41. The minimum atomic E-state index is -4.67. The van der Waals surface area contributed by atoms with Crippen molar-refractivity contribution in [3.05, 3.63) is 93.6 Å². The van der Waals surface area contributed by atoms with Crippen LogP contribution in [0.15, 0.2) is 71.7 Å². The lowest BCUT2D eigenvalue weighted by molar-refractivity contribution is -0.141. The molecule has 5 rings (SSSR count). The summed E-state index contributed by atoms with van der Waals surface area (Å²) in [5.74, 6) is -1.33. The number of hydrogen-bond donors (Lipinski definition) is 1. The Morgan fingerprint density at radius 1 is 1.03 bits per heavy atom. The van der Waals surface area contributed by atoms with Crippen LogP contribution < -0.4 is 5.32 Å². The lowest BCUT2D eigenvalue weighted by Crippen LogP contribution is -2.43. The third-order valence-electron chi connectivity index (χ3n) is 6.54. The van der Waals surface area contributed by atoms with Crippen LogP contribution in [0, 0.1) is 5.92 Å². The summed E-state index contributed by atoms with van der Waals surface area (Å²) < 4.78 is 41.7. The smallest absolute Gasteiger partial charge is 0.349 e. The van der Waals surface area contributed by atoms with E-state index in [4.69, 9.17) is 23.2 Å². The number of halogens is 5. The highest BCUT2D eigenvalue weighted by atomic mass is 35.5. The minimum absolute atomic E-state index is 0.00653. The quantitative estimate of drug-likeness (QED) is 0.288. The van der Waals surface area contributed by atoms with E-state index in [-0.39, 0.29) is 21.9 Å². The van der Waals surface area contributed by atoms with Gasteiger partial charge in [-0.3, -0.25) is 4.79 Å². The highest BCUT2D eigenvalue weighted by molar-refractivity contribution is 6.42. The van der Waals surface area contributed by atoms with Gasteiger partial charge < -0.3 is 5.32 Å². The zero-order valence-corrected chi connectivity index (χ0v) is 21.2. The Morgan fingerprint density at radius 3 is 2.49 bits per heavy atom. The Morgan fingerprint density at radius 2 is 1.76 bits per heavy atom. The molecule has 4 aromatic rings. The number of rotatable bonds is 4. The van der Waals surface area contributed by atoms with Gasteiger partial charge in [-0.05, 0) is 47.9 Å². The second-order valence-electron chi connectivity index (χ2n) is 8.98. The van der Waals surface area contributed by atoms with E-state index in [9.17, 15) is 18.0 Å². The molecule has 37 heavy (non-hydrogen) atoms. The molecule has 190 valence electrons. The number of benzene rings is 3. The van der Waals surface area contributed by atoms with Crippen LogP contribution >= 0.6 is 23.2 Å². The molecule has 0 bridgehead atoms. The Labute approximate surface area is 220 Å². The van der Waals surface area contributed by atoms with Gasteiger partial charge in [0.1, 0.15) is 5.92 Å². The van der Waals surface area contributed by atoms with E-state index in [1.165, 1.54) is 0 Å². The molecule has 0 radical (unpaired) electrons. The normalized spacial score (nSPS) is 18.3. The summed E-state index contributed by atoms with van der Waals surface area (Å²) in [4.78, 5) is 18.1. The van der Waals surface area contributed by atoms with E-state index >= 15 is 0 Å². The number of alkyl halides is 3. The minimum Gasteiger partial charge on any atom is -0.349 e. The van der Waals surface area contributed by atoms with Gasteiger partial charge >= 0.3 is 6.18 Å². The van der Waals surface area contributed by atoms with Crippen LogP contribution in [-0.4, -0.2) is 21.4 Å². The number of amides is 1. The van der Waals surface area contributed by atoms with Gasteiger partial charge in [0, 0.05) is 11.8 Å². The van der Waals surface area contributed by atoms with Gasteiger partial charge in [0.15, 0.2) is 11.5 Å². The van der Waals surface area contributed by atoms with E-state index in [0.29, 0.717) is 11.3 Å². The lowest BCUT2D eigenvalue weighted by Gasteiger charge is -2.32. The van der Waals surface area contributed by atoms with Gasteiger partial charge in [-0.25, -0.2) is 9.67 Å². The second-order valence-corrected chi connectivity index (χ2v) is 9.79. The summed E-state index contributed by atoms with van der Waals surface area (Å²) in [6, 6.07) is 18.0. The van der Waals surface area contributed by atoms with Gasteiger partial charge in [-0.15, -0.1) is 0 Å². The van der Waals surface area contributed by atoms with Gasteiger partial charge in [0.05, 0.1) is 22.1 Å². The number of aliphatic imine (C=N–C) groups is 1. The van der Waals surface area contributed by atoms with Crippen molar-refractivity contribution in [2.45, 2.75) is 32.1 Å². The van der Waals surface area contributed by atoms with Crippen molar-refractivity contribution in [2.24, 2.45) is 10.9 Å². The number of carbonyl (C=O) groups is 1. The summed E-state index contributed by atoms with van der Waals surface area (Å²) in [6.45, 7) is 3.49. The van der Waals surface area contributed by atoms with Crippen molar-refractivity contribution in [2.75, 3.05) is 0 Å². The third-order valence-corrected chi connectivity index (χ3v) is 7.28. The predicted molar refractivity (Wildman–Crippen MR) is 139 cm³/mol. The first-order chi connectivity index (χ1) is 17.5. The molecule has 1 aromatic heterocycles. The van der Waals surface area contributed by atoms with Crippen LogP contribution in [0.25, 0.3) is 10.8 Å². The van der Waals surface area contributed by atoms with Crippen molar-refractivity contribution in [1.82, 2.24) is 15.1 Å². The second kappa shape index (κ2) is 9.50. The third kappa shape index (κ3) is 4.71. The summed E-state index contributed by atoms with van der Waals surface area (Å²) in [5.41, 5.74) is 0.677. The van der Waals surface area contributed by atoms with Gasteiger partial charge in [-0.1, -0.05) is 71.7 Å². The predicted octanol–water partition coefficient (Wildman–Crippen LogP) is 7.55. The SMILES string of the molecule is CC1=Nc2cc(C(F)(F)F)nn2C(c2ccc(Cl)c(Cl)c2)C1C(=O)NC(C)c1cccc2ccccc12. The standard InChI is InChI=1S/C27H21Cl2F3N4O/c1-14(18-9-5-7-16-6-3-4-8-19(16)18)34-26(37)24-15(2)33-23-13-22(27(30,31)32)35-36(23)25(24)17-10-11-20(28)21(29)12-17/h3-14,24-25H,1-2H3,(H,34,37). The number of hydrogen-bond acceptors (Lipinski definition) is 3. The van der Waals surface area contributed by atoms with E-state index < -0.39 is 29.7 Å². The summed E-state index contributed by atoms with van der Waals surface area (Å²) in [5, 5.41) is 9.38. The van der Waals surface area contributed by atoms with E-state index in [0.717, 1.165) is 27.1 Å². The molecule has 3 aromatic carbocycles. The fraction of sp³-hybridized carbons (Fsp3) is 0.222. The number of carbonyl (C=O) groups excluding carboxylic acids is 1. The van der Waals surface area contributed by atoms with Crippen molar-refractivity contribution >= 4 is 51.4 Å². The zero-order valence-electron chi connectivity index (χ0n) is 19.7. The molecule has 1 aliphatic heterocycles. The topological polar surface area (TPSA) is 59.3 Å². The van der Waals surface area contributed by atoms with E-state index in [2.05, 4.69) is 15.4 Å². The first-order valence-electron chi connectivity index (χ1n) is 11.5. The summed E-state index contributed by atoms with van der Waals surface area (Å²) in [7, 11) is 0. The van der Waals surface area contributed by atoms with E-state index in [1.807, 2.05) is 49.4 Å². The molecule has 10 heteroatoms. The first kappa shape index (κ1) is 25.3. The van der Waals surface area contributed by atoms with Gasteiger partial charge in [0.2, 0.25) is 5.91 Å². The molecular weight excluding hydrogens is 524 g/mol. The number of fused-ring (bicyclic) bond motifs is 2. The molecular formula is C27H21Cl2F3N4O. The van der Waals surface area contributed by atoms with Crippen molar-refractivity contribution in [3.8, 4) is 0 Å². The Balaban J connectivity index is 1.56. The molecule has 0 saturated heterocycles. The van der Waals surface area contributed by atoms with E-state index in [1.54, 1.807) is 25.1 Å². The monoisotopic (exact) mass is 544 g/mol. The number of nitrogens with zero attached hydrogens (tertiary/aromatic N) is 3. The van der Waals surface area contributed by atoms with Crippen molar-refractivity contribution < 1.29 is 18.0 Å². The van der Waals surface area contributed by atoms with Crippen molar-refractivity contribution in [3.63, 3.8) is 0 Å². The summed E-state index contributed by atoms with van der Waals surface area (Å²) in [6.07, 6.45) is -4.67. The molecule has 2 heterocycles. The van der Waals surface area contributed by atoms with Gasteiger partial charge in [0.25, 0.3) is 0 Å². The molecule has 1 amide bonds. The molecule has 1 N–H and O–H groups in total. The first-order valence-corrected chi connectivity index (χ1v) is 12.2. The largest absolute Gasteiger partial charge is 0.435 e. The van der Waals surface area contributed by atoms with Crippen LogP contribution in [0.1, 0.15) is 42.8 Å². The molecule has 0 saturated carbocycles. The highest BCUT2D eigenvalue weighted by Gasteiger charge is 2.42. The summed E-state index contributed by atoms with van der Waals surface area (Å²) >= 11 is 12.3. The fourth-order valence-electron chi connectivity index (χ4n) is 4.80. The van der Waals surface area contributed by atoms with Crippen LogP contribution in [0.5, 0.6) is 0 Å². The fourth-order valence-corrected chi connectivity index (χ4v) is 5.11. The van der Waals surface area contributed by atoms with Crippen LogP contribution in [-0.2, 0) is 11.0 Å². The maximum atomic E-state index is 13.8. The Kier molecular flexibility index (Phi) is 6.50. The lowest BCUT2D eigenvalue weighted by atomic mass is 9.87. The molecule has 0 fully saturated rings. The average Bonchev–Trinajstić information content (AvgIpc) is 3.28. The van der Waals surface area contributed by atoms with Crippen LogP contribution in [0.3, 0.4) is 0 Å². The average molecular weight is 545 g/mol. The van der Waals surface area contributed by atoms with Crippen molar-refractivity contribution in [1.29, 1.82) is 0 Å². The molecule has 0 spiro atoms.